The zero-order valence-corrected chi connectivity index (χ0v) is 18.2. The van der Waals surface area contributed by atoms with Gasteiger partial charge in [-0.2, -0.15) is 0 Å². The highest BCUT2D eigenvalue weighted by Crippen LogP contribution is 2.56. The summed E-state index contributed by atoms with van der Waals surface area (Å²) < 4.78 is 6.01. The van der Waals surface area contributed by atoms with Crippen LogP contribution in [-0.4, -0.2) is 68.9 Å². The van der Waals surface area contributed by atoms with E-state index in [1.807, 2.05) is 0 Å². The Bertz CT molecular complexity index is 888. The van der Waals surface area contributed by atoms with E-state index in [0.717, 1.165) is 51.4 Å². The number of hydrogen-bond donors (Lipinski definition) is 3. The van der Waals surface area contributed by atoms with E-state index < -0.39 is 5.60 Å². The lowest BCUT2D eigenvalue weighted by Crippen LogP contribution is -2.58. The van der Waals surface area contributed by atoms with Crippen LogP contribution in [0.25, 0.3) is 0 Å². The summed E-state index contributed by atoms with van der Waals surface area (Å²) in [6.45, 7) is 1.17. The van der Waals surface area contributed by atoms with Gasteiger partial charge < -0.3 is 25.4 Å². The van der Waals surface area contributed by atoms with Crippen molar-refractivity contribution in [2.75, 3.05) is 18.4 Å². The van der Waals surface area contributed by atoms with Gasteiger partial charge in [0.05, 0.1) is 11.2 Å². The molecule has 2 amide bonds. The highest BCUT2D eigenvalue weighted by atomic mass is 16.6. The molecule has 6 fully saturated rings. The second-order valence-electron chi connectivity index (χ2n) is 10.7. The lowest BCUT2D eigenvalue weighted by atomic mass is 9.53. The fourth-order valence-corrected chi connectivity index (χ4v) is 6.56. The molecule has 0 spiro atoms. The Morgan fingerprint density at radius 3 is 2.44 bits per heavy atom. The lowest BCUT2D eigenvalue weighted by Gasteiger charge is -2.57. The molecule has 0 radical (unpaired) electrons. The van der Waals surface area contributed by atoms with E-state index in [4.69, 9.17) is 4.74 Å². The molecule has 172 valence electrons. The van der Waals surface area contributed by atoms with Gasteiger partial charge in [-0.1, -0.05) is 0 Å². The Labute approximate surface area is 187 Å². The van der Waals surface area contributed by atoms with Gasteiger partial charge in [-0.3, -0.25) is 4.79 Å². The SMILES string of the molecule is O=C(NC1CC1)c1cnc(NC2CCN(C(=O)OC3[C@@H]4CC5C[C@@H]3CC(O)(C5)C4)C2)nc1. The van der Waals surface area contributed by atoms with Crippen molar-refractivity contribution in [3.8, 4) is 0 Å². The summed E-state index contributed by atoms with van der Waals surface area (Å²) in [4.78, 5) is 35.2. The molecule has 4 bridgehead atoms. The number of carbonyl (C=O) groups is 2. The molecular weight excluding hydrogens is 410 g/mol. The summed E-state index contributed by atoms with van der Waals surface area (Å²) in [5.41, 5.74) is -0.0599. The van der Waals surface area contributed by atoms with Crippen LogP contribution < -0.4 is 10.6 Å². The minimum atomic E-state index is -0.518. The lowest BCUT2D eigenvalue weighted by molar-refractivity contribution is -0.177. The summed E-state index contributed by atoms with van der Waals surface area (Å²) in [5.74, 6) is 1.53. The number of anilines is 1. The molecule has 5 aliphatic carbocycles. The standard InChI is InChI=1S/C23H31N5O4/c29-20(26-17-1-2-17)16-10-24-21(25-11-16)27-18-3-4-28(12-18)22(30)32-19-14-5-13-6-15(19)9-23(31,7-13)8-14/h10-11,13-15,17-19,31H,1-9,12H2,(H,26,29)(H,24,25,27)/t13?,14-,15-,18?,19?,23?/m1/s1. The Morgan fingerprint density at radius 1 is 1.06 bits per heavy atom. The highest BCUT2D eigenvalue weighted by Gasteiger charge is 2.56. The third-order valence-electron chi connectivity index (χ3n) is 8.00. The van der Waals surface area contributed by atoms with Gasteiger partial charge in [0.1, 0.15) is 6.10 Å². The zero-order valence-electron chi connectivity index (χ0n) is 18.2. The van der Waals surface area contributed by atoms with Crippen molar-refractivity contribution in [1.29, 1.82) is 0 Å². The molecule has 5 saturated carbocycles. The van der Waals surface area contributed by atoms with Crippen molar-refractivity contribution in [3.63, 3.8) is 0 Å². The topological polar surface area (TPSA) is 117 Å². The monoisotopic (exact) mass is 441 g/mol. The first-order chi connectivity index (χ1) is 15.4. The molecule has 6 aliphatic rings. The predicted octanol–water partition coefficient (Wildman–Crippen LogP) is 1.93. The van der Waals surface area contributed by atoms with Crippen molar-refractivity contribution < 1.29 is 19.4 Å². The van der Waals surface area contributed by atoms with Crippen molar-refractivity contribution >= 4 is 17.9 Å². The van der Waals surface area contributed by atoms with Crippen LogP contribution in [0.2, 0.25) is 0 Å². The minimum absolute atomic E-state index is 0.0490. The second-order valence-corrected chi connectivity index (χ2v) is 10.7. The van der Waals surface area contributed by atoms with Crippen LogP contribution >= 0.6 is 0 Å². The average molecular weight is 442 g/mol. The second kappa shape index (κ2) is 7.57. The number of aromatic nitrogens is 2. The molecule has 3 atom stereocenters. The fourth-order valence-electron chi connectivity index (χ4n) is 6.56. The van der Waals surface area contributed by atoms with E-state index in [9.17, 15) is 14.7 Å². The molecule has 1 aliphatic heterocycles. The van der Waals surface area contributed by atoms with Crippen LogP contribution in [0.5, 0.6) is 0 Å². The van der Waals surface area contributed by atoms with E-state index >= 15 is 0 Å². The number of hydrogen-bond acceptors (Lipinski definition) is 7. The number of rotatable bonds is 5. The smallest absolute Gasteiger partial charge is 0.410 e. The molecule has 32 heavy (non-hydrogen) atoms. The summed E-state index contributed by atoms with van der Waals surface area (Å²) in [5, 5.41) is 16.9. The molecule has 1 unspecified atom stereocenters. The van der Waals surface area contributed by atoms with Gasteiger partial charge in [0.2, 0.25) is 5.95 Å². The predicted molar refractivity (Wildman–Crippen MR) is 115 cm³/mol. The largest absolute Gasteiger partial charge is 0.446 e. The number of aliphatic hydroxyl groups is 1. The van der Waals surface area contributed by atoms with E-state index in [-0.39, 0.29) is 24.1 Å². The first kappa shape index (κ1) is 20.2. The normalized spacial score (nSPS) is 37.4. The molecule has 0 aromatic carbocycles. The summed E-state index contributed by atoms with van der Waals surface area (Å²) in [6.07, 6.45) is 10.3. The Kier molecular flexibility index (Phi) is 4.78. The minimum Gasteiger partial charge on any atom is -0.446 e. The highest BCUT2D eigenvalue weighted by molar-refractivity contribution is 5.94. The Hall–Kier alpha value is -2.42. The number of carbonyl (C=O) groups excluding carboxylic acids is 2. The Balaban J connectivity index is 1.01. The first-order valence-electron chi connectivity index (χ1n) is 12.0. The summed E-state index contributed by atoms with van der Waals surface area (Å²) >= 11 is 0. The molecule has 7 rings (SSSR count). The van der Waals surface area contributed by atoms with Crippen molar-refractivity contribution in [1.82, 2.24) is 20.2 Å². The van der Waals surface area contributed by atoms with Crippen molar-refractivity contribution in [2.24, 2.45) is 17.8 Å². The van der Waals surface area contributed by atoms with Gasteiger partial charge in [-0.15, -0.1) is 0 Å². The molecule has 9 heteroatoms. The van der Waals surface area contributed by atoms with Gasteiger partial charge in [0.15, 0.2) is 0 Å². The van der Waals surface area contributed by atoms with Crippen LogP contribution in [-0.2, 0) is 4.74 Å². The van der Waals surface area contributed by atoms with Gasteiger partial charge in [-0.05, 0) is 69.1 Å². The van der Waals surface area contributed by atoms with Crippen LogP contribution in [0.1, 0.15) is 61.7 Å². The van der Waals surface area contributed by atoms with Crippen LogP contribution in [0.3, 0.4) is 0 Å². The van der Waals surface area contributed by atoms with Gasteiger partial charge >= 0.3 is 6.09 Å². The maximum absolute atomic E-state index is 12.9. The number of nitrogens with one attached hydrogen (secondary N) is 2. The number of nitrogens with zero attached hydrogens (tertiary/aromatic N) is 3. The third-order valence-corrected chi connectivity index (χ3v) is 8.00. The molecular formula is C23H31N5O4. The number of amides is 2. The van der Waals surface area contributed by atoms with Crippen LogP contribution in [0.4, 0.5) is 10.7 Å². The third kappa shape index (κ3) is 3.91. The van der Waals surface area contributed by atoms with Gasteiger partial charge in [-0.25, -0.2) is 14.8 Å². The molecule has 9 nitrogen and oxygen atoms in total. The average Bonchev–Trinajstić information content (AvgIpc) is 3.44. The fraction of sp³-hybridized carbons (Fsp3) is 0.739. The maximum atomic E-state index is 12.9. The van der Waals surface area contributed by atoms with E-state index in [0.29, 0.717) is 48.4 Å². The zero-order chi connectivity index (χ0) is 21.9. The van der Waals surface area contributed by atoms with E-state index in [2.05, 4.69) is 20.6 Å². The number of ether oxygens (including phenoxy) is 1. The quantitative estimate of drug-likeness (QED) is 0.639. The molecule has 3 N–H and O–H groups in total. The summed E-state index contributed by atoms with van der Waals surface area (Å²) in [7, 11) is 0. The molecule has 2 heterocycles. The first-order valence-corrected chi connectivity index (χ1v) is 12.0. The number of likely N-dealkylation sites (tertiary alicyclic amines) is 1. The van der Waals surface area contributed by atoms with E-state index in [1.165, 1.54) is 12.4 Å². The van der Waals surface area contributed by atoms with Crippen molar-refractivity contribution in [2.45, 2.75) is 75.2 Å². The maximum Gasteiger partial charge on any atom is 0.410 e. The van der Waals surface area contributed by atoms with Crippen LogP contribution in [0, 0.1) is 17.8 Å². The molecule has 1 aromatic heterocycles. The van der Waals surface area contributed by atoms with Crippen molar-refractivity contribution in [3.05, 3.63) is 18.0 Å². The molecule has 1 aromatic rings. The van der Waals surface area contributed by atoms with Gasteiger partial charge in [0.25, 0.3) is 5.91 Å². The van der Waals surface area contributed by atoms with E-state index in [1.54, 1.807) is 4.90 Å². The van der Waals surface area contributed by atoms with Gasteiger partial charge in [0, 0.05) is 37.6 Å². The Morgan fingerprint density at radius 2 is 1.78 bits per heavy atom. The summed E-state index contributed by atoms with van der Waals surface area (Å²) in [6, 6.07) is 0.348. The molecule has 1 saturated heterocycles. The van der Waals surface area contributed by atoms with Crippen LogP contribution in [0.15, 0.2) is 12.4 Å².